The van der Waals surface area contributed by atoms with Crippen molar-refractivity contribution in [3.8, 4) is 0 Å². The lowest BCUT2D eigenvalue weighted by molar-refractivity contribution is -0.385. The molecule has 0 unspecified atom stereocenters. The van der Waals surface area contributed by atoms with Gasteiger partial charge in [-0.3, -0.25) is 14.9 Å². The Morgan fingerprint density at radius 2 is 2.10 bits per heavy atom. The third kappa shape index (κ3) is 2.76. The number of hydrogen-bond donors (Lipinski definition) is 1. The van der Waals surface area contributed by atoms with E-state index in [0.29, 0.717) is 26.1 Å². The Bertz CT molecular complexity index is 540. The van der Waals surface area contributed by atoms with Crippen LogP contribution in [0.2, 0.25) is 5.02 Å². The second-order valence-corrected chi connectivity index (χ2v) is 5.28. The zero-order valence-electron chi connectivity index (χ0n) is 10.7. The maximum absolute atomic E-state index is 11.6. The van der Waals surface area contributed by atoms with Gasteiger partial charge in [0, 0.05) is 24.8 Å². The molecule has 1 aromatic carbocycles. The molecule has 0 aromatic heterocycles. The molecule has 0 aliphatic carbocycles. The smallest absolute Gasteiger partial charge is 0.310 e. The van der Waals surface area contributed by atoms with Gasteiger partial charge in [0.2, 0.25) is 0 Å². The number of benzene rings is 1. The first-order chi connectivity index (χ1) is 9.46. The summed E-state index contributed by atoms with van der Waals surface area (Å²) in [6.07, 6.45) is 0.692. The second-order valence-electron chi connectivity index (χ2n) is 4.87. The second kappa shape index (κ2) is 5.76. The number of carboxylic acid groups (broad SMARTS) is 1. The van der Waals surface area contributed by atoms with Crippen LogP contribution in [-0.4, -0.2) is 29.2 Å². The first-order valence-corrected chi connectivity index (χ1v) is 6.57. The maximum atomic E-state index is 11.6. The molecule has 108 valence electrons. The van der Waals surface area contributed by atoms with E-state index in [2.05, 4.69) is 0 Å². The molecule has 1 N–H and O–H groups in total. The number of nitro benzene ring substituents is 1. The molecular formula is C13H14ClNO5. The third-order valence-electron chi connectivity index (χ3n) is 3.71. The summed E-state index contributed by atoms with van der Waals surface area (Å²) in [5.41, 5.74) is -0.901. The number of ether oxygens (including phenoxy) is 1. The minimum Gasteiger partial charge on any atom is -0.481 e. The van der Waals surface area contributed by atoms with Crippen molar-refractivity contribution in [2.75, 3.05) is 13.2 Å². The highest BCUT2D eigenvalue weighted by Gasteiger charge is 2.42. The topological polar surface area (TPSA) is 89.7 Å². The van der Waals surface area contributed by atoms with E-state index >= 15 is 0 Å². The lowest BCUT2D eigenvalue weighted by atomic mass is 9.75. The number of carbonyl (C=O) groups is 1. The summed E-state index contributed by atoms with van der Waals surface area (Å²) in [7, 11) is 0. The molecule has 1 aromatic rings. The van der Waals surface area contributed by atoms with E-state index < -0.39 is 16.3 Å². The summed E-state index contributed by atoms with van der Waals surface area (Å²) in [5.74, 6) is -0.963. The number of aliphatic carboxylic acids is 1. The van der Waals surface area contributed by atoms with Gasteiger partial charge in [-0.1, -0.05) is 17.7 Å². The Kier molecular flexibility index (Phi) is 4.25. The summed E-state index contributed by atoms with van der Waals surface area (Å²) in [6, 6.07) is 4.37. The largest absolute Gasteiger partial charge is 0.481 e. The molecule has 0 radical (unpaired) electrons. The van der Waals surface area contributed by atoms with E-state index in [1.807, 2.05) is 0 Å². The summed E-state index contributed by atoms with van der Waals surface area (Å²) in [5, 5.41) is 20.8. The average Bonchev–Trinajstić information content (AvgIpc) is 2.41. The summed E-state index contributed by atoms with van der Waals surface area (Å²) >= 11 is 6.03. The normalized spacial score (nSPS) is 17.6. The predicted molar refractivity (Wildman–Crippen MR) is 71.9 cm³/mol. The van der Waals surface area contributed by atoms with Crippen molar-refractivity contribution >= 4 is 23.3 Å². The van der Waals surface area contributed by atoms with E-state index in [0.717, 1.165) is 0 Å². The molecule has 2 rings (SSSR count). The van der Waals surface area contributed by atoms with Crippen LogP contribution in [-0.2, 0) is 16.0 Å². The van der Waals surface area contributed by atoms with Crippen molar-refractivity contribution in [1.82, 2.24) is 0 Å². The Balaban J connectivity index is 2.41. The van der Waals surface area contributed by atoms with Gasteiger partial charge in [0.25, 0.3) is 5.69 Å². The van der Waals surface area contributed by atoms with Crippen molar-refractivity contribution in [2.45, 2.75) is 19.3 Å². The van der Waals surface area contributed by atoms with Crippen LogP contribution in [0.5, 0.6) is 0 Å². The van der Waals surface area contributed by atoms with Crippen LogP contribution in [0.25, 0.3) is 0 Å². The van der Waals surface area contributed by atoms with E-state index in [4.69, 9.17) is 16.3 Å². The van der Waals surface area contributed by atoms with Gasteiger partial charge in [0.1, 0.15) is 0 Å². The molecule has 0 saturated carbocycles. The number of nitro groups is 1. The Labute approximate surface area is 120 Å². The van der Waals surface area contributed by atoms with Gasteiger partial charge in [-0.2, -0.15) is 0 Å². The van der Waals surface area contributed by atoms with Crippen LogP contribution in [0.15, 0.2) is 18.2 Å². The highest BCUT2D eigenvalue weighted by atomic mass is 35.5. The maximum Gasteiger partial charge on any atom is 0.310 e. The quantitative estimate of drug-likeness (QED) is 0.682. The van der Waals surface area contributed by atoms with Crippen LogP contribution in [0.3, 0.4) is 0 Å². The number of hydrogen-bond acceptors (Lipinski definition) is 4. The Morgan fingerprint density at radius 1 is 1.45 bits per heavy atom. The summed E-state index contributed by atoms with van der Waals surface area (Å²) < 4.78 is 5.19. The number of rotatable bonds is 4. The molecule has 0 bridgehead atoms. The average molecular weight is 300 g/mol. The Hall–Kier alpha value is -1.66. The van der Waals surface area contributed by atoms with Gasteiger partial charge in [-0.25, -0.2) is 0 Å². The molecule has 0 atom stereocenters. The van der Waals surface area contributed by atoms with Gasteiger partial charge >= 0.3 is 5.97 Å². The minimum absolute atomic E-state index is 0.0433. The molecule has 6 nitrogen and oxygen atoms in total. The monoisotopic (exact) mass is 299 g/mol. The van der Waals surface area contributed by atoms with Crippen LogP contribution >= 0.6 is 11.6 Å². The van der Waals surface area contributed by atoms with Crippen molar-refractivity contribution in [3.05, 3.63) is 38.9 Å². The molecule has 1 heterocycles. The first kappa shape index (κ1) is 14.7. The fraction of sp³-hybridized carbons (Fsp3) is 0.462. The van der Waals surface area contributed by atoms with Gasteiger partial charge in [0.15, 0.2) is 0 Å². The first-order valence-electron chi connectivity index (χ1n) is 6.19. The van der Waals surface area contributed by atoms with E-state index in [-0.39, 0.29) is 22.7 Å². The number of nitrogens with zero attached hydrogens (tertiary/aromatic N) is 1. The Morgan fingerprint density at radius 3 is 2.65 bits per heavy atom. The van der Waals surface area contributed by atoms with Gasteiger partial charge in [-0.05, 0) is 25.3 Å². The molecule has 1 saturated heterocycles. The van der Waals surface area contributed by atoms with Crippen LogP contribution in [0, 0.1) is 15.5 Å². The zero-order valence-corrected chi connectivity index (χ0v) is 11.4. The molecule has 1 aliphatic rings. The van der Waals surface area contributed by atoms with Crippen LogP contribution < -0.4 is 0 Å². The molecule has 0 spiro atoms. The summed E-state index contributed by atoms with van der Waals surface area (Å²) in [4.78, 5) is 22.1. The lowest BCUT2D eigenvalue weighted by Gasteiger charge is -2.33. The number of carboxylic acids is 1. The SMILES string of the molecule is O=C(O)C1(Cc2c(Cl)cccc2[N+](=O)[O-])CCOCC1. The van der Waals surface area contributed by atoms with Gasteiger partial charge in [0.05, 0.1) is 15.4 Å². The zero-order chi connectivity index (χ0) is 14.8. The van der Waals surface area contributed by atoms with Crippen molar-refractivity contribution in [3.63, 3.8) is 0 Å². The third-order valence-corrected chi connectivity index (χ3v) is 4.06. The highest BCUT2D eigenvalue weighted by molar-refractivity contribution is 6.31. The van der Waals surface area contributed by atoms with E-state index in [1.165, 1.54) is 12.1 Å². The van der Waals surface area contributed by atoms with Gasteiger partial charge in [-0.15, -0.1) is 0 Å². The van der Waals surface area contributed by atoms with E-state index in [1.54, 1.807) is 6.07 Å². The number of halogens is 1. The van der Waals surface area contributed by atoms with Crippen molar-refractivity contribution in [2.24, 2.45) is 5.41 Å². The fourth-order valence-corrected chi connectivity index (χ4v) is 2.70. The molecule has 0 amide bonds. The van der Waals surface area contributed by atoms with Crippen LogP contribution in [0.1, 0.15) is 18.4 Å². The molecule has 7 heteroatoms. The minimum atomic E-state index is -1.05. The van der Waals surface area contributed by atoms with Crippen molar-refractivity contribution < 1.29 is 19.6 Å². The lowest BCUT2D eigenvalue weighted by Crippen LogP contribution is -2.39. The van der Waals surface area contributed by atoms with Crippen molar-refractivity contribution in [1.29, 1.82) is 0 Å². The summed E-state index contributed by atoms with van der Waals surface area (Å²) in [6.45, 7) is 0.676. The molecule has 1 aliphatic heterocycles. The van der Waals surface area contributed by atoms with Crippen LogP contribution in [0.4, 0.5) is 5.69 Å². The highest BCUT2D eigenvalue weighted by Crippen LogP contribution is 2.39. The molecule has 20 heavy (non-hydrogen) atoms. The van der Waals surface area contributed by atoms with Gasteiger partial charge < -0.3 is 9.84 Å². The molecule has 1 fully saturated rings. The fourth-order valence-electron chi connectivity index (χ4n) is 2.46. The van der Waals surface area contributed by atoms with E-state index in [9.17, 15) is 20.0 Å². The predicted octanol–water partition coefficient (Wildman–Crippen LogP) is 2.67. The molecular weight excluding hydrogens is 286 g/mol. The standard InChI is InChI=1S/C13H14ClNO5/c14-10-2-1-3-11(15(18)19)9(10)8-13(12(16)17)4-6-20-7-5-13/h1-3H,4-8H2,(H,16,17).